The summed E-state index contributed by atoms with van der Waals surface area (Å²) in [6.45, 7) is 5.57. The van der Waals surface area contributed by atoms with Gasteiger partial charge in [0.15, 0.2) is 0 Å². The molecule has 3 rings (SSSR count). The third kappa shape index (κ3) is 5.37. The van der Waals surface area contributed by atoms with E-state index in [1.807, 2.05) is 63.2 Å². The fourth-order valence-electron chi connectivity index (χ4n) is 3.67. The van der Waals surface area contributed by atoms with E-state index in [4.69, 9.17) is 0 Å². The van der Waals surface area contributed by atoms with Gasteiger partial charge in [0.1, 0.15) is 6.54 Å². The summed E-state index contributed by atoms with van der Waals surface area (Å²) in [6.07, 6.45) is 1.35. The number of hydrogen-bond acceptors (Lipinski definition) is 3. The van der Waals surface area contributed by atoms with Crippen LogP contribution in [0.3, 0.4) is 0 Å². The highest BCUT2D eigenvalue weighted by atomic mass is 32.2. The Morgan fingerprint density at radius 3 is 2.16 bits per heavy atom. The van der Waals surface area contributed by atoms with Crippen LogP contribution >= 0.6 is 0 Å². The molecule has 0 aliphatic heterocycles. The van der Waals surface area contributed by atoms with Crippen LogP contribution in [-0.4, -0.2) is 20.9 Å². The molecule has 1 amide bonds. The Labute approximate surface area is 191 Å². The zero-order valence-corrected chi connectivity index (χ0v) is 19.6. The van der Waals surface area contributed by atoms with Crippen molar-refractivity contribution in [1.29, 1.82) is 0 Å². The van der Waals surface area contributed by atoms with Gasteiger partial charge in [-0.2, -0.15) is 0 Å². The lowest BCUT2D eigenvalue weighted by molar-refractivity contribution is -0.120. The molecular weight excluding hydrogens is 420 g/mol. The Morgan fingerprint density at radius 1 is 0.906 bits per heavy atom. The molecule has 1 atom stereocenters. The average molecular weight is 451 g/mol. The Balaban J connectivity index is 1.96. The van der Waals surface area contributed by atoms with Crippen LogP contribution in [0.15, 0.2) is 83.8 Å². The second-order valence-corrected chi connectivity index (χ2v) is 9.61. The molecule has 0 radical (unpaired) electrons. The van der Waals surface area contributed by atoms with Crippen LogP contribution in [0.1, 0.15) is 43.0 Å². The van der Waals surface area contributed by atoms with Crippen LogP contribution in [-0.2, 0) is 21.2 Å². The second kappa shape index (κ2) is 10.5. The van der Waals surface area contributed by atoms with Crippen molar-refractivity contribution in [1.82, 2.24) is 5.32 Å². The van der Waals surface area contributed by atoms with Gasteiger partial charge in [0.25, 0.3) is 10.0 Å². The average Bonchev–Trinajstić information content (AvgIpc) is 2.81. The molecule has 0 aromatic heterocycles. The number of nitrogens with one attached hydrogen (secondary N) is 1. The summed E-state index contributed by atoms with van der Waals surface area (Å²) in [5, 5.41) is 3.01. The number of hydrogen-bond donors (Lipinski definition) is 1. The van der Waals surface area contributed by atoms with E-state index < -0.39 is 10.0 Å². The number of rotatable bonds is 9. The van der Waals surface area contributed by atoms with E-state index in [0.717, 1.165) is 16.7 Å². The van der Waals surface area contributed by atoms with E-state index in [-0.39, 0.29) is 23.4 Å². The van der Waals surface area contributed by atoms with E-state index in [0.29, 0.717) is 18.5 Å². The maximum absolute atomic E-state index is 13.6. The minimum absolute atomic E-state index is 0.164. The first-order valence-corrected chi connectivity index (χ1v) is 12.3. The van der Waals surface area contributed by atoms with Crippen molar-refractivity contribution in [2.75, 3.05) is 10.8 Å². The number of benzene rings is 3. The van der Waals surface area contributed by atoms with Gasteiger partial charge in [0.05, 0.1) is 16.6 Å². The second-order valence-electron chi connectivity index (χ2n) is 7.75. The SMILES string of the molecule is CCc1ccccc1N(CC(=O)N[C@H](CC)c1ccccc1)S(=O)(=O)c1ccc(C)cc1. The lowest BCUT2D eigenvalue weighted by atomic mass is 10.0. The smallest absolute Gasteiger partial charge is 0.264 e. The summed E-state index contributed by atoms with van der Waals surface area (Å²) >= 11 is 0. The van der Waals surface area contributed by atoms with Gasteiger partial charge in [0.2, 0.25) is 5.91 Å². The molecule has 0 aliphatic rings. The van der Waals surface area contributed by atoms with Crippen LogP contribution in [0.2, 0.25) is 0 Å². The van der Waals surface area contributed by atoms with Crippen molar-refractivity contribution in [2.24, 2.45) is 0 Å². The van der Waals surface area contributed by atoms with Gasteiger partial charge in [-0.05, 0) is 49.1 Å². The van der Waals surface area contributed by atoms with Crippen LogP contribution < -0.4 is 9.62 Å². The number of anilines is 1. The predicted molar refractivity (Wildman–Crippen MR) is 129 cm³/mol. The molecule has 1 N–H and O–H groups in total. The Morgan fingerprint density at radius 2 is 1.53 bits per heavy atom. The summed E-state index contributed by atoms with van der Waals surface area (Å²) in [5.74, 6) is -0.345. The molecule has 0 unspecified atom stereocenters. The number of para-hydroxylation sites is 1. The van der Waals surface area contributed by atoms with Gasteiger partial charge in [-0.25, -0.2) is 8.42 Å². The van der Waals surface area contributed by atoms with Crippen LogP contribution in [0.5, 0.6) is 0 Å². The van der Waals surface area contributed by atoms with Crippen molar-refractivity contribution in [3.05, 3.63) is 95.6 Å². The molecule has 0 saturated heterocycles. The van der Waals surface area contributed by atoms with Gasteiger partial charge < -0.3 is 5.32 Å². The van der Waals surface area contributed by atoms with E-state index in [2.05, 4.69) is 5.32 Å². The molecule has 168 valence electrons. The summed E-state index contributed by atoms with van der Waals surface area (Å²) in [7, 11) is -3.93. The molecular formula is C26H30N2O3S. The van der Waals surface area contributed by atoms with E-state index in [1.165, 1.54) is 4.31 Å². The molecule has 0 aliphatic carbocycles. The Hall–Kier alpha value is -3.12. The van der Waals surface area contributed by atoms with Crippen LogP contribution in [0.25, 0.3) is 0 Å². The summed E-state index contributed by atoms with van der Waals surface area (Å²) in [4.78, 5) is 13.2. The fourth-order valence-corrected chi connectivity index (χ4v) is 5.13. The first-order chi connectivity index (χ1) is 15.4. The molecule has 0 saturated carbocycles. The minimum Gasteiger partial charge on any atom is -0.348 e. The summed E-state index contributed by atoms with van der Waals surface area (Å²) in [6, 6.07) is 23.5. The molecule has 0 heterocycles. The largest absolute Gasteiger partial charge is 0.348 e. The molecule has 32 heavy (non-hydrogen) atoms. The monoisotopic (exact) mass is 450 g/mol. The highest BCUT2D eigenvalue weighted by Crippen LogP contribution is 2.28. The number of nitrogens with zero attached hydrogens (tertiary/aromatic N) is 1. The highest BCUT2D eigenvalue weighted by molar-refractivity contribution is 7.92. The van der Waals surface area contributed by atoms with Crippen molar-refractivity contribution in [2.45, 2.75) is 44.6 Å². The van der Waals surface area contributed by atoms with E-state index >= 15 is 0 Å². The van der Waals surface area contributed by atoms with Gasteiger partial charge in [-0.1, -0.05) is 80.1 Å². The van der Waals surface area contributed by atoms with E-state index in [1.54, 1.807) is 36.4 Å². The highest BCUT2D eigenvalue weighted by Gasteiger charge is 2.29. The minimum atomic E-state index is -3.93. The molecule has 0 bridgehead atoms. The van der Waals surface area contributed by atoms with Crippen LogP contribution in [0, 0.1) is 6.92 Å². The van der Waals surface area contributed by atoms with Crippen LogP contribution in [0.4, 0.5) is 5.69 Å². The first kappa shape index (κ1) is 23.5. The van der Waals surface area contributed by atoms with Gasteiger partial charge >= 0.3 is 0 Å². The van der Waals surface area contributed by atoms with Gasteiger partial charge in [-0.15, -0.1) is 0 Å². The summed E-state index contributed by atoms with van der Waals surface area (Å²) < 4.78 is 28.5. The standard InChI is InChI=1S/C26H30N2O3S/c1-4-21-11-9-10-14-25(21)28(32(30,31)23-17-15-20(3)16-18-23)19-26(29)27-24(5-2)22-12-7-6-8-13-22/h6-18,24H,4-5,19H2,1-3H3,(H,27,29)/t24-/m1/s1. The fraction of sp³-hybridized carbons (Fsp3) is 0.269. The van der Waals surface area contributed by atoms with Gasteiger partial charge in [-0.3, -0.25) is 9.10 Å². The molecule has 0 spiro atoms. The molecule has 0 fully saturated rings. The Kier molecular flexibility index (Phi) is 7.70. The first-order valence-electron chi connectivity index (χ1n) is 10.9. The predicted octanol–water partition coefficient (Wildman–Crippen LogP) is 5.02. The molecule has 3 aromatic rings. The van der Waals surface area contributed by atoms with Gasteiger partial charge in [0, 0.05) is 0 Å². The molecule has 5 nitrogen and oxygen atoms in total. The zero-order chi connectivity index (χ0) is 23.1. The normalized spacial score (nSPS) is 12.2. The topological polar surface area (TPSA) is 66.5 Å². The zero-order valence-electron chi connectivity index (χ0n) is 18.8. The van der Waals surface area contributed by atoms with Crippen molar-refractivity contribution >= 4 is 21.6 Å². The van der Waals surface area contributed by atoms with Crippen molar-refractivity contribution in [3.8, 4) is 0 Å². The van der Waals surface area contributed by atoms with Crippen molar-refractivity contribution < 1.29 is 13.2 Å². The third-order valence-corrected chi connectivity index (χ3v) is 7.26. The lowest BCUT2D eigenvalue weighted by Gasteiger charge is -2.27. The maximum Gasteiger partial charge on any atom is 0.264 e. The number of carbonyl (C=O) groups is 1. The number of carbonyl (C=O) groups excluding carboxylic acids is 1. The summed E-state index contributed by atoms with van der Waals surface area (Å²) in [5.41, 5.74) is 3.35. The number of amides is 1. The quantitative estimate of drug-likeness (QED) is 0.498. The van der Waals surface area contributed by atoms with Crippen molar-refractivity contribution in [3.63, 3.8) is 0 Å². The Bertz CT molecular complexity index is 1140. The molecule has 6 heteroatoms. The number of sulfonamides is 1. The molecule has 3 aromatic carbocycles. The van der Waals surface area contributed by atoms with E-state index in [9.17, 15) is 13.2 Å². The third-order valence-electron chi connectivity index (χ3n) is 5.48. The maximum atomic E-state index is 13.6. The number of aryl methyl sites for hydroxylation is 2. The lowest BCUT2D eigenvalue weighted by Crippen LogP contribution is -2.42.